The van der Waals surface area contributed by atoms with E-state index >= 15 is 0 Å². The number of rotatable bonds is 15. The van der Waals surface area contributed by atoms with Gasteiger partial charge in [0.25, 0.3) is 0 Å². The number of hydrogen-bond donors (Lipinski definition) is 0. The zero-order chi connectivity index (χ0) is 25.8. The normalized spacial score (nSPS) is 18.8. The molecule has 0 aliphatic rings. The minimum absolute atomic E-state index is 0.124. The second-order valence-corrected chi connectivity index (χ2v) is 47.4. The molecule has 0 saturated carbocycles. The predicted molar refractivity (Wildman–Crippen MR) is 167 cm³/mol. The minimum atomic E-state index is -2.18. The summed E-state index contributed by atoms with van der Waals surface area (Å²) >= 11 is 0. The Kier molecular flexibility index (Phi) is 13.0. The van der Waals surface area contributed by atoms with Crippen molar-refractivity contribution >= 4 is 80.2 Å². The van der Waals surface area contributed by atoms with E-state index in [1.165, 1.54) is 5.16 Å². The number of hydrogen-bond acceptors (Lipinski definition) is 5. The van der Waals surface area contributed by atoms with Crippen molar-refractivity contribution in [1.29, 1.82) is 0 Å². The van der Waals surface area contributed by atoms with Crippen molar-refractivity contribution in [3.05, 3.63) is 5.16 Å². The molecular weight excluding hydrogens is 549 g/mol. The fourth-order valence-electron chi connectivity index (χ4n) is 4.52. The monoisotopic (exact) mass is 603 g/mol. The molecule has 0 amide bonds. The SMILES string of the molecule is C[SiH2]O[Si](C)(C)[SiH2]C(O[Si](C)(C)C)C(C)(O[Si](C)(C)C)[C]([SiH2]O[SiH3])[Si](C)(C)O[Si](C)(C)C. The lowest BCUT2D eigenvalue weighted by atomic mass is 10.1. The Bertz CT molecular complexity index is 573. The summed E-state index contributed by atoms with van der Waals surface area (Å²) in [5.41, 5.74) is -0.300. The van der Waals surface area contributed by atoms with Gasteiger partial charge in [-0.25, -0.2) is 0 Å². The molecule has 1 radical (unpaired) electrons. The van der Waals surface area contributed by atoms with E-state index in [0.717, 1.165) is 10.5 Å². The van der Waals surface area contributed by atoms with Gasteiger partial charge in [0.15, 0.2) is 50.9 Å². The minimum Gasteiger partial charge on any atom is -0.468 e. The predicted octanol–water partition coefficient (Wildman–Crippen LogP) is 2.30. The Morgan fingerprint density at radius 3 is 1.66 bits per heavy atom. The third-order valence-electron chi connectivity index (χ3n) is 5.02. The molecule has 2 atom stereocenters. The average Bonchev–Trinajstić information content (AvgIpc) is 2.45. The van der Waals surface area contributed by atoms with Crippen LogP contribution in [0.4, 0.5) is 0 Å². The van der Waals surface area contributed by atoms with Crippen molar-refractivity contribution in [1.82, 2.24) is 0 Å². The summed E-state index contributed by atoms with van der Waals surface area (Å²) < 4.78 is 33.9. The quantitative estimate of drug-likeness (QED) is 0.269. The van der Waals surface area contributed by atoms with E-state index in [-0.39, 0.29) is 5.73 Å². The van der Waals surface area contributed by atoms with Crippen LogP contribution in [0.2, 0.25) is 91.7 Å². The van der Waals surface area contributed by atoms with Crippen molar-refractivity contribution in [2.75, 3.05) is 0 Å². The molecule has 0 aromatic carbocycles. The lowest BCUT2D eigenvalue weighted by Gasteiger charge is -2.53. The van der Waals surface area contributed by atoms with Gasteiger partial charge in [-0.1, -0.05) is 6.55 Å². The highest BCUT2D eigenvalue weighted by Crippen LogP contribution is 2.41. The van der Waals surface area contributed by atoms with E-state index in [0.29, 0.717) is 0 Å². The molecule has 0 aliphatic carbocycles. The maximum absolute atomic E-state index is 7.23. The van der Waals surface area contributed by atoms with E-state index in [4.69, 9.17) is 21.2 Å². The van der Waals surface area contributed by atoms with Crippen LogP contribution in [0.1, 0.15) is 6.92 Å². The van der Waals surface area contributed by atoms with Crippen LogP contribution >= 0.6 is 0 Å². The Hall–Kier alpha value is 1.75. The summed E-state index contributed by atoms with van der Waals surface area (Å²) in [5.74, 6) is 0. The van der Waals surface area contributed by atoms with Gasteiger partial charge < -0.3 is 21.2 Å². The standard InChI is InChI=1S/C18H55O5Si9/c1-18(20-29(6,7)8,17(26-21-24)31(12,13)23-30(9,10)11)16(19-28(3,4)5)27-32(14,15)22-25-2/h16H,25-27H2,1-15,24H3. The first-order valence-electron chi connectivity index (χ1n) is 12.1. The van der Waals surface area contributed by atoms with Gasteiger partial charge in [0.05, 0.1) is 20.4 Å². The first-order chi connectivity index (χ1) is 14.0. The zero-order valence-corrected chi connectivity index (χ0v) is 35.5. The van der Waals surface area contributed by atoms with Crippen molar-refractivity contribution in [2.24, 2.45) is 0 Å². The van der Waals surface area contributed by atoms with E-state index in [1.807, 2.05) is 0 Å². The maximum atomic E-state index is 7.23. The summed E-state index contributed by atoms with van der Waals surface area (Å²) in [4.78, 5) is 0. The first-order valence-corrected chi connectivity index (χ1v) is 35.3. The zero-order valence-electron chi connectivity index (χ0n) is 24.2. The van der Waals surface area contributed by atoms with Crippen LogP contribution in [-0.2, 0) is 21.2 Å². The molecule has 5 nitrogen and oxygen atoms in total. The summed E-state index contributed by atoms with van der Waals surface area (Å²) in [6, 6.07) is 0. The second kappa shape index (κ2) is 12.3. The Morgan fingerprint density at radius 2 is 1.31 bits per heavy atom. The molecule has 0 aromatic rings. The smallest absolute Gasteiger partial charge is 0.184 e. The lowest BCUT2D eigenvalue weighted by Crippen LogP contribution is -2.69. The molecule has 32 heavy (non-hydrogen) atoms. The molecule has 2 unspecified atom stereocenters. The Balaban J connectivity index is 6.76. The topological polar surface area (TPSA) is 46.2 Å². The lowest BCUT2D eigenvalue weighted by molar-refractivity contribution is 0.0267. The van der Waals surface area contributed by atoms with Crippen LogP contribution in [0, 0.1) is 5.16 Å². The molecule has 0 bridgehead atoms. The van der Waals surface area contributed by atoms with Gasteiger partial charge in [0.2, 0.25) is 0 Å². The Morgan fingerprint density at radius 1 is 0.812 bits per heavy atom. The fourth-order valence-corrected chi connectivity index (χ4v) is 35.7. The molecule has 14 heteroatoms. The van der Waals surface area contributed by atoms with Gasteiger partial charge in [-0.15, -0.1) is 0 Å². The molecular formula is C18H55O5Si9. The van der Waals surface area contributed by atoms with Crippen molar-refractivity contribution in [3.8, 4) is 0 Å². The highest BCUT2D eigenvalue weighted by molar-refractivity contribution is 7.22. The van der Waals surface area contributed by atoms with Crippen molar-refractivity contribution in [2.45, 2.75) is 110 Å². The van der Waals surface area contributed by atoms with Crippen LogP contribution in [0.25, 0.3) is 0 Å². The van der Waals surface area contributed by atoms with Gasteiger partial charge in [0.1, 0.15) is 20.2 Å². The van der Waals surface area contributed by atoms with Crippen molar-refractivity contribution in [3.63, 3.8) is 0 Å². The summed E-state index contributed by atoms with van der Waals surface area (Å²) in [6.07, 6.45) is 0. The summed E-state index contributed by atoms with van der Waals surface area (Å²) in [6.45, 7) is 35.0. The van der Waals surface area contributed by atoms with Gasteiger partial charge >= 0.3 is 0 Å². The average molecular weight is 604 g/mol. The molecule has 0 fully saturated rings. The van der Waals surface area contributed by atoms with Crippen LogP contribution < -0.4 is 0 Å². The molecule has 0 aliphatic heterocycles. The van der Waals surface area contributed by atoms with Gasteiger partial charge in [-0.05, 0) is 92.0 Å². The van der Waals surface area contributed by atoms with E-state index < -0.39 is 75.3 Å². The van der Waals surface area contributed by atoms with Crippen LogP contribution in [-0.4, -0.2) is 91.5 Å². The Labute approximate surface area is 215 Å². The molecule has 0 N–H and O–H groups in total. The highest BCUT2D eigenvalue weighted by atomic mass is 29.2. The molecule has 0 aromatic heterocycles. The molecule has 0 saturated heterocycles. The van der Waals surface area contributed by atoms with Crippen LogP contribution in [0.3, 0.4) is 0 Å². The van der Waals surface area contributed by atoms with Crippen LogP contribution in [0.5, 0.6) is 0 Å². The molecule has 193 valence electrons. The first kappa shape index (κ1) is 33.8. The molecule has 0 spiro atoms. The van der Waals surface area contributed by atoms with E-state index in [1.54, 1.807) is 0 Å². The van der Waals surface area contributed by atoms with Crippen LogP contribution in [0.15, 0.2) is 0 Å². The van der Waals surface area contributed by atoms with E-state index in [9.17, 15) is 0 Å². The fraction of sp³-hybridized carbons (Fsp3) is 0.944. The maximum Gasteiger partial charge on any atom is 0.184 e. The largest absolute Gasteiger partial charge is 0.468 e. The highest BCUT2D eigenvalue weighted by Gasteiger charge is 2.56. The van der Waals surface area contributed by atoms with Gasteiger partial charge in [-0.3, -0.25) is 0 Å². The summed E-state index contributed by atoms with van der Waals surface area (Å²) in [5, 5.41) is 1.49. The summed E-state index contributed by atoms with van der Waals surface area (Å²) in [7, 11) is -10.6. The third-order valence-corrected chi connectivity index (χ3v) is 31.4. The van der Waals surface area contributed by atoms with E-state index in [2.05, 4.69) is 98.6 Å². The van der Waals surface area contributed by atoms with Crippen molar-refractivity contribution < 1.29 is 21.2 Å². The second-order valence-electron chi connectivity index (χ2n) is 13.1. The van der Waals surface area contributed by atoms with Gasteiger partial charge in [0, 0.05) is 5.16 Å². The molecule has 0 heterocycles. The molecule has 0 rings (SSSR count). The van der Waals surface area contributed by atoms with Gasteiger partial charge in [-0.2, -0.15) is 0 Å². The third kappa shape index (κ3) is 12.6.